The number of esters is 1. The molecule has 4 rings (SSSR count). The molecule has 0 radical (unpaired) electrons. The van der Waals surface area contributed by atoms with Gasteiger partial charge in [-0.05, 0) is 41.8 Å². The first-order chi connectivity index (χ1) is 14.8. The minimum absolute atomic E-state index is 0.375. The Bertz CT molecular complexity index is 1220. The van der Waals surface area contributed by atoms with Crippen LogP contribution < -0.4 is 10.3 Å². The monoisotopic (exact) mass is 437 g/mol. The number of H-pyrrole nitrogens is 1. The van der Waals surface area contributed by atoms with Crippen molar-refractivity contribution in [2.75, 3.05) is 0 Å². The summed E-state index contributed by atoms with van der Waals surface area (Å²) in [4.78, 5) is 27.2. The number of aromatic amines is 1. The average Bonchev–Trinajstić information content (AvgIpc) is 2.78. The number of fused-ring (bicyclic) bond motifs is 1. The van der Waals surface area contributed by atoms with Gasteiger partial charge in [-0.2, -0.15) is 8.78 Å². The van der Waals surface area contributed by atoms with Crippen LogP contribution in [-0.2, 0) is 0 Å². The van der Waals surface area contributed by atoms with Gasteiger partial charge in [-0.3, -0.25) is 4.79 Å². The van der Waals surface area contributed by atoms with Crippen molar-refractivity contribution in [2.24, 2.45) is 0 Å². The molecule has 2 aromatic carbocycles. The molecule has 0 aliphatic heterocycles. The third-order valence-corrected chi connectivity index (χ3v) is 5.53. The molecule has 0 atom stereocenters. The van der Waals surface area contributed by atoms with E-state index in [1.165, 1.54) is 6.42 Å². The summed E-state index contributed by atoms with van der Waals surface area (Å²) in [6.45, 7) is 0. The molecule has 0 spiro atoms. The van der Waals surface area contributed by atoms with Crippen molar-refractivity contribution >= 4 is 16.9 Å². The quantitative estimate of drug-likeness (QED) is 0.194. The third-order valence-electron chi connectivity index (χ3n) is 5.53. The van der Waals surface area contributed by atoms with Crippen LogP contribution in [0.5, 0.6) is 5.75 Å². The van der Waals surface area contributed by atoms with Crippen LogP contribution in [0, 0.1) is 29.1 Å². The molecule has 0 saturated heterocycles. The van der Waals surface area contributed by atoms with E-state index in [0.29, 0.717) is 16.8 Å². The highest BCUT2D eigenvalue weighted by atomic mass is 19.2. The highest BCUT2D eigenvalue weighted by Crippen LogP contribution is 2.34. The van der Waals surface area contributed by atoms with Crippen molar-refractivity contribution in [2.45, 2.75) is 38.0 Å². The Balaban J connectivity index is 1.68. The van der Waals surface area contributed by atoms with Crippen LogP contribution in [0.1, 0.15) is 53.9 Å². The van der Waals surface area contributed by atoms with Gasteiger partial charge >= 0.3 is 5.97 Å². The molecular formula is C22H16F5NO3. The van der Waals surface area contributed by atoms with Gasteiger partial charge in [-0.1, -0.05) is 31.4 Å². The maximum Gasteiger partial charge on any atom is 0.349 e. The van der Waals surface area contributed by atoms with Crippen molar-refractivity contribution in [3.8, 4) is 5.75 Å². The van der Waals surface area contributed by atoms with Crippen molar-refractivity contribution in [1.82, 2.24) is 4.98 Å². The van der Waals surface area contributed by atoms with Crippen molar-refractivity contribution in [3.05, 3.63) is 74.8 Å². The Morgan fingerprint density at radius 3 is 2.13 bits per heavy atom. The molecule has 1 fully saturated rings. The van der Waals surface area contributed by atoms with Gasteiger partial charge in [0.15, 0.2) is 0 Å². The molecule has 9 heteroatoms. The van der Waals surface area contributed by atoms with E-state index < -0.39 is 51.9 Å². The molecule has 1 aromatic heterocycles. The first-order valence-corrected chi connectivity index (χ1v) is 9.68. The topological polar surface area (TPSA) is 59.2 Å². The van der Waals surface area contributed by atoms with Gasteiger partial charge in [0.2, 0.25) is 34.8 Å². The smallest absolute Gasteiger partial charge is 0.349 e. The molecule has 0 unspecified atom stereocenters. The number of carbonyl (C=O) groups is 1. The number of pyridine rings is 1. The number of hydrogen-bond donors (Lipinski definition) is 1. The van der Waals surface area contributed by atoms with Crippen LogP contribution in [0.2, 0.25) is 0 Å². The summed E-state index contributed by atoms with van der Waals surface area (Å²) < 4.78 is 71.7. The number of ether oxygens (including phenoxy) is 1. The minimum Gasteiger partial charge on any atom is -0.416 e. The van der Waals surface area contributed by atoms with Gasteiger partial charge in [0.1, 0.15) is 5.56 Å². The van der Waals surface area contributed by atoms with E-state index in [0.717, 1.165) is 37.3 Å². The molecule has 0 amide bonds. The normalized spacial score (nSPS) is 14.7. The van der Waals surface area contributed by atoms with Crippen LogP contribution in [0.4, 0.5) is 22.0 Å². The Morgan fingerprint density at radius 2 is 1.48 bits per heavy atom. The first-order valence-electron chi connectivity index (χ1n) is 9.68. The maximum absolute atomic E-state index is 13.8. The summed E-state index contributed by atoms with van der Waals surface area (Å²) in [6, 6.07) is 6.51. The molecule has 3 aromatic rings. The first kappa shape index (κ1) is 21.0. The van der Waals surface area contributed by atoms with Gasteiger partial charge in [0.25, 0.3) is 5.56 Å². The van der Waals surface area contributed by atoms with Crippen molar-refractivity contribution in [1.29, 1.82) is 0 Å². The van der Waals surface area contributed by atoms with E-state index in [-0.39, 0.29) is 0 Å². The molecule has 1 aliphatic rings. The second kappa shape index (κ2) is 8.13. The number of halogens is 5. The average molecular weight is 437 g/mol. The summed E-state index contributed by atoms with van der Waals surface area (Å²) in [7, 11) is 0. The molecule has 162 valence electrons. The van der Waals surface area contributed by atoms with Gasteiger partial charge in [-0.15, -0.1) is 0 Å². The molecule has 31 heavy (non-hydrogen) atoms. The molecule has 1 aliphatic carbocycles. The van der Waals surface area contributed by atoms with Crippen molar-refractivity contribution in [3.63, 3.8) is 0 Å². The van der Waals surface area contributed by atoms with Crippen molar-refractivity contribution < 1.29 is 31.5 Å². The fourth-order valence-electron chi connectivity index (χ4n) is 3.88. The van der Waals surface area contributed by atoms with Gasteiger partial charge in [0, 0.05) is 5.52 Å². The Morgan fingerprint density at radius 1 is 0.871 bits per heavy atom. The second-order valence-corrected chi connectivity index (χ2v) is 7.48. The zero-order chi connectivity index (χ0) is 22.3. The zero-order valence-electron chi connectivity index (χ0n) is 16.0. The van der Waals surface area contributed by atoms with E-state index in [1.807, 2.05) is 12.1 Å². The van der Waals surface area contributed by atoms with Crippen LogP contribution in [-0.4, -0.2) is 11.0 Å². The summed E-state index contributed by atoms with van der Waals surface area (Å²) >= 11 is 0. The van der Waals surface area contributed by atoms with Crippen LogP contribution in [0.25, 0.3) is 10.9 Å². The highest BCUT2D eigenvalue weighted by Gasteiger charge is 2.29. The molecule has 0 bridgehead atoms. The van der Waals surface area contributed by atoms with E-state index in [9.17, 15) is 31.5 Å². The third kappa shape index (κ3) is 3.80. The van der Waals surface area contributed by atoms with Gasteiger partial charge < -0.3 is 9.72 Å². The minimum atomic E-state index is -2.38. The van der Waals surface area contributed by atoms with E-state index in [2.05, 4.69) is 9.72 Å². The lowest BCUT2D eigenvalue weighted by Gasteiger charge is -2.22. The zero-order valence-corrected chi connectivity index (χ0v) is 16.0. The standard InChI is InChI=1S/C22H16F5NO3/c23-15-16(24)18(26)20(19(27)17(15)25)31-22(30)13-8-12-7-6-11(9-14(12)28-21(13)29)10-4-2-1-3-5-10/h6-10H,1-5H2,(H,28,29). The van der Waals surface area contributed by atoms with Gasteiger partial charge in [-0.25, -0.2) is 18.0 Å². The van der Waals surface area contributed by atoms with E-state index in [1.54, 1.807) is 6.07 Å². The number of benzene rings is 2. The number of rotatable bonds is 3. The highest BCUT2D eigenvalue weighted by molar-refractivity contribution is 5.94. The number of aromatic nitrogens is 1. The predicted molar refractivity (Wildman–Crippen MR) is 102 cm³/mol. The summed E-state index contributed by atoms with van der Waals surface area (Å²) in [5.41, 5.74) is -0.0375. The molecule has 1 N–H and O–H groups in total. The summed E-state index contributed by atoms with van der Waals surface area (Å²) in [5.74, 6) is -14.5. The van der Waals surface area contributed by atoms with Gasteiger partial charge in [0.05, 0.1) is 0 Å². The summed E-state index contributed by atoms with van der Waals surface area (Å²) in [6.07, 6.45) is 5.53. The Hall–Kier alpha value is -3.23. The lowest BCUT2D eigenvalue weighted by Crippen LogP contribution is -2.23. The Labute approximate surface area is 172 Å². The lowest BCUT2D eigenvalue weighted by molar-refractivity contribution is 0.0714. The Kier molecular flexibility index (Phi) is 5.51. The molecule has 4 nitrogen and oxygen atoms in total. The number of carbonyl (C=O) groups excluding carboxylic acids is 1. The maximum atomic E-state index is 13.8. The predicted octanol–water partition coefficient (Wildman–Crippen LogP) is 5.49. The lowest BCUT2D eigenvalue weighted by atomic mass is 9.84. The van der Waals surface area contributed by atoms with E-state index >= 15 is 0 Å². The second-order valence-electron chi connectivity index (χ2n) is 7.48. The number of nitrogens with one attached hydrogen (secondary N) is 1. The largest absolute Gasteiger partial charge is 0.416 e. The SMILES string of the molecule is O=C(Oc1c(F)c(F)c(F)c(F)c1F)c1cc2ccc(C3CCCCC3)cc2[nH]c1=O. The fourth-order valence-corrected chi connectivity index (χ4v) is 3.88. The van der Waals surface area contributed by atoms with Crippen LogP contribution in [0.3, 0.4) is 0 Å². The summed E-state index contributed by atoms with van der Waals surface area (Å²) in [5, 5.41) is 0.448. The molecule has 1 saturated carbocycles. The molecular weight excluding hydrogens is 421 g/mol. The van der Waals surface area contributed by atoms with Crippen LogP contribution in [0.15, 0.2) is 29.1 Å². The van der Waals surface area contributed by atoms with Crippen LogP contribution >= 0.6 is 0 Å². The number of hydrogen-bond acceptors (Lipinski definition) is 3. The molecule has 1 heterocycles. The fraction of sp³-hybridized carbons (Fsp3) is 0.273. The van der Waals surface area contributed by atoms with E-state index in [4.69, 9.17) is 0 Å².